The summed E-state index contributed by atoms with van der Waals surface area (Å²) in [6, 6.07) is 3.64. The van der Waals surface area contributed by atoms with E-state index in [2.05, 4.69) is 20.1 Å². The molecule has 4 rings (SSSR count). The lowest BCUT2D eigenvalue weighted by atomic mass is 10.1. The largest absolute Gasteiger partial charge is 0.486 e. The van der Waals surface area contributed by atoms with Crippen molar-refractivity contribution < 1.29 is 13.7 Å². The van der Waals surface area contributed by atoms with E-state index in [-0.39, 0.29) is 0 Å². The van der Waals surface area contributed by atoms with Crippen LogP contribution in [0, 0.1) is 5.82 Å². The number of ether oxygens (including phenoxy) is 1. The zero-order chi connectivity index (χ0) is 16.4. The smallest absolute Gasteiger partial charge is 0.225 e. The maximum atomic E-state index is 13.0. The Morgan fingerprint density at radius 2 is 2.12 bits per heavy atom. The molecule has 7 nitrogen and oxygen atoms in total. The molecule has 24 heavy (non-hydrogen) atoms. The van der Waals surface area contributed by atoms with Crippen molar-refractivity contribution in [3.8, 4) is 5.75 Å². The molecule has 3 aromatic rings. The summed E-state index contributed by atoms with van der Waals surface area (Å²) in [6.07, 6.45) is 6.35. The van der Waals surface area contributed by atoms with Crippen molar-refractivity contribution in [1.29, 1.82) is 0 Å². The molecule has 0 spiro atoms. The Balaban J connectivity index is 1.50. The first kappa shape index (κ1) is 14.6. The Morgan fingerprint density at radius 1 is 1.25 bits per heavy atom. The predicted octanol–water partition coefficient (Wildman–Crippen LogP) is 2.14. The normalized spacial score (nSPS) is 13.6. The highest BCUT2D eigenvalue weighted by Crippen LogP contribution is 2.25. The standard InChI is InChI=1S/C16H14FN5O2/c17-11-6-19-16(20-7-11)22-5-3-15-13(9-22)14(21-24-15)10-23-12-2-1-4-18-8-12/h1-2,4,6-8H,3,5,9-10H2. The predicted molar refractivity (Wildman–Crippen MR) is 81.8 cm³/mol. The number of rotatable bonds is 4. The lowest BCUT2D eigenvalue weighted by molar-refractivity contribution is 0.286. The molecule has 0 N–H and O–H groups in total. The van der Waals surface area contributed by atoms with Crippen LogP contribution in [0.25, 0.3) is 0 Å². The molecule has 0 atom stereocenters. The summed E-state index contributed by atoms with van der Waals surface area (Å²) in [5.41, 5.74) is 1.71. The summed E-state index contributed by atoms with van der Waals surface area (Å²) in [7, 11) is 0. The number of hydrogen-bond donors (Lipinski definition) is 0. The highest BCUT2D eigenvalue weighted by molar-refractivity contribution is 5.38. The Hall–Kier alpha value is -3.03. The van der Waals surface area contributed by atoms with E-state index >= 15 is 0 Å². The quantitative estimate of drug-likeness (QED) is 0.726. The molecule has 1 aliphatic heterocycles. The van der Waals surface area contributed by atoms with E-state index in [1.807, 2.05) is 11.0 Å². The molecule has 1 aliphatic rings. The van der Waals surface area contributed by atoms with Gasteiger partial charge in [-0.15, -0.1) is 0 Å². The zero-order valence-corrected chi connectivity index (χ0v) is 12.7. The first-order chi connectivity index (χ1) is 11.8. The number of anilines is 1. The fourth-order valence-corrected chi connectivity index (χ4v) is 2.60. The maximum Gasteiger partial charge on any atom is 0.225 e. The number of fused-ring (bicyclic) bond motifs is 1. The Bertz CT molecular complexity index is 822. The van der Waals surface area contributed by atoms with Gasteiger partial charge in [0.15, 0.2) is 5.82 Å². The van der Waals surface area contributed by atoms with E-state index in [0.29, 0.717) is 37.8 Å². The first-order valence-corrected chi connectivity index (χ1v) is 7.51. The number of nitrogens with zero attached hydrogens (tertiary/aromatic N) is 5. The number of aromatic nitrogens is 4. The maximum absolute atomic E-state index is 13.0. The summed E-state index contributed by atoms with van der Waals surface area (Å²) in [5.74, 6) is 1.55. The molecular weight excluding hydrogens is 313 g/mol. The molecule has 0 amide bonds. The second-order valence-electron chi connectivity index (χ2n) is 5.38. The minimum Gasteiger partial charge on any atom is -0.486 e. The van der Waals surface area contributed by atoms with Crippen molar-refractivity contribution in [1.82, 2.24) is 20.1 Å². The van der Waals surface area contributed by atoms with Gasteiger partial charge in [-0.2, -0.15) is 0 Å². The van der Waals surface area contributed by atoms with E-state index in [4.69, 9.17) is 9.26 Å². The van der Waals surface area contributed by atoms with Gasteiger partial charge in [-0.3, -0.25) is 4.98 Å². The van der Waals surface area contributed by atoms with Crippen LogP contribution in [0.3, 0.4) is 0 Å². The lowest BCUT2D eigenvalue weighted by Crippen LogP contribution is -2.31. The first-order valence-electron chi connectivity index (χ1n) is 7.51. The minimum atomic E-state index is -0.452. The summed E-state index contributed by atoms with van der Waals surface area (Å²) in [6.45, 7) is 1.54. The van der Waals surface area contributed by atoms with Crippen LogP contribution in [0.4, 0.5) is 10.3 Å². The van der Waals surface area contributed by atoms with Gasteiger partial charge in [-0.25, -0.2) is 14.4 Å². The second-order valence-corrected chi connectivity index (χ2v) is 5.38. The molecule has 0 saturated heterocycles. The Kier molecular flexibility index (Phi) is 3.78. The van der Waals surface area contributed by atoms with Gasteiger partial charge in [0.2, 0.25) is 5.95 Å². The van der Waals surface area contributed by atoms with Crippen LogP contribution in [0.15, 0.2) is 41.4 Å². The van der Waals surface area contributed by atoms with Crippen molar-refractivity contribution in [2.45, 2.75) is 19.6 Å². The van der Waals surface area contributed by atoms with Crippen molar-refractivity contribution >= 4 is 5.95 Å². The van der Waals surface area contributed by atoms with E-state index in [0.717, 1.165) is 29.4 Å². The Morgan fingerprint density at radius 3 is 2.92 bits per heavy atom. The molecule has 3 aromatic heterocycles. The third-order valence-electron chi connectivity index (χ3n) is 3.81. The molecule has 0 saturated carbocycles. The fraction of sp³-hybridized carbons (Fsp3) is 0.250. The van der Waals surface area contributed by atoms with Crippen LogP contribution in [0.2, 0.25) is 0 Å². The molecule has 0 radical (unpaired) electrons. The average Bonchev–Trinajstić information content (AvgIpc) is 3.04. The monoisotopic (exact) mass is 327 g/mol. The van der Waals surface area contributed by atoms with Crippen molar-refractivity contribution in [2.75, 3.05) is 11.4 Å². The van der Waals surface area contributed by atoms with Crippen LogP contribution >= 0.6 is 0 Å². The lowest BCUT2D eigenvalue weighted by Gasteiger charge is -2.25. The molecule has 4 heterocycles. The van der Waals surface area contributed by atoms with Crippen LogP contribution in [-0.4, -0.2) is 26.7 Å². The van der Waals surface area contributed by atoms with Gasteiger partial charge < -0.3 is 14.2 Å². The SMILES string of the molecule is Fc1cnc(N2CCc3onc(COc4cccnc4)c3C2)nc1. The van der Waals surface area contributed by atoms with Gasteiger partial charge in [0.1, 0.15) is 23.8 Å². The highest BCUT2D eigenvalue weighted by Gasteiger charge is 2.25. The van der Waals surface area contributed by atoms with E-state index in [1.165, 1.54) is 0 Å². The van der Waals surface area contributed by atoms with Gasteiger partial charge >= 0.3 is 0 Å². The van der Waals surface area contributed by atoms with Crippen LogP contribution in [-0.2, 0) is 19.6 Å². The highest BCUT2D eigenvalue weighted by atomic mass is 19.1. The van der Waals surface area contributed by atoms with Crippen LogP contribution < -0.4 is 9.64 Å². The van der Waals surface area contributed by atoms with Crippen LogP contribution in [0.1, 0.15) is 17.0 Å². The molecule has 8 heteroatoms. The van der Waals surface area contributed by atoms with Crippen molar-refractivity contribution in [3.63, 3.8) is 0 Å². The van der Waals surface area contributed by atoms with E-state index < -0.39 is 5.82 Å². The van der Waals surface area contributed by atoms with Gasteiger partial charge in [-0.1, -0.05) is 5.16 Å². The fourth-order valence-electron chi connectivity index (χ4n) is 2.60. The summed E-state index contributed by atoms with van der Waals surface area (Å²) in [5, 5.41) is 4.11. The van der Waals surface area contributed by atoms with Gasteiger partial charge in [0.25, 0.3) is 0 Å². The zero-order valence-electron chi connectivity index (χ0n) is 12.7. The van der Waals surface area contributed by atoms with Crippen molar-refractivity contribution in [2.24, 2.45) is 0 Å². The molecule has 0 fully saturated rings. The van der Waals surface area contributed by atoms with Crippen molar-refractivity contribution in [3.05, 3.63) is 59.8 Å². The molecule has 0 aliphatic carbocycles. The molecule has 0 aromatic carbocycles. The minimum absolute atomic E-state index is 0.294. The van der Waals surface area contributed by atoms with Gasteiger partial charge in [0, 0.05) is 24.7 Å². The average molecular weight is 327 g/mol. The number of halogens is 1. The molecular formula is C16H14FN5O2. The summed E-state index contributed by atoms with van der Waals surface area (Å²) in [4.78, 5) is 14.0. The summed E-state index contributed by atoms with van der Waals surface area (Å²) < 4.78 is 24.1. The molecule has 0 bridgehead atoms. The summed E-state index contributed by atoms with van der Waals surface area (Å²) >= 11 is 0. The number of pyridine rings is 1. The number of hydrogen-bond acceptors (Lipinski definition) is 7. The molecule has 122 valence electrons. The van der Waals surface area contributed by atoms with E-state index in [9.17, 15) is 4.39 Å². The Labute approximate surface area is 137 Å². The van der Waals surface area contributed by atoms with E-state index in [1.54, 1.807) is 18.5 Å². The topological polar surface area (TPSA) is 77.2 Å². The van der Waals surface area contributed by atoms with Crippen LogP contribution in [0.5, 0.6) is 5.75 Å². The van der Waals surface area contributed by atoms with Gasteiger partial charge in [0.05, 0.1) is 25.1 Å². The second kappa shape index (κ2) is 6.23. The van der Waals surface area contributed by atoms with Gasteiger partial charge in [-0.05, 0) is 12.1 Å². The third kappa shape index (κ3) is 2.90. The third-order valence-corrected chi connectivity index (χ3v) is 3.81. The molecule has 0 unspecified atom stereocenters.